The van der Waals surface area contributed by atoms with Gasteiger partial charge in [-0.1, -0.05) is 36.4 Å². The summed E-state index contributed by atoms with van der Waals surface area (Å²) in [5, 5.41) is 0. The zero-order valence-electron chi connectivity index (χ0n) is 17.3. The summed E-state index contributed by atoms with van der Waals surface area (Å²) in [6, 6.07) is 18.5. The number of hydrogen-bond donors (Lipinski definition) is 0. The van der Waals surface area contributed by atoms with E-state index in [1.54, 1.807) is 31.2 Å². The lowest BCUT2D eigenvalue weighted by molar-refractivity contribution is -0.137. The summed E-state index contributed by atoms with van der Waals surface area (Å²) in [6.45, 7) is 1.68. The Hall–Kier alpha value is -3.00. The van der Waals surface area contributed by atoms with Crippen molar-refractivity contribution in [3.63, 3.8) is 0 Å². The number of alkyl halides is 3. The Kier molecular flexibility index (Phi) is 5.90. The summed E-state index contributed by atoms with van der Waals surface area (Å²) in [7, 11) is -4.20. The Labute approximate surface area is 185 Å². The van der Waals surface area contributed by atoms with Gasteiger partial charge in [0.2, 0.25) is 0 Å². The van der Waals surface area contributed by atoms with E-state index >= 15 is 0 Å². The first-order valence-corrected chi connectivity index (χ1v) is 11.7. The Morgan fingerprint density at radius 2 is 1.59 bits per heavy atom. The number of ether oxygens (including phenoxy) is 1. The normalized spacial score (nSPS) is 14.2. The summed E-state index contributed by atoms with van der Waals surface area (Å²) in [5.74, 6) is 0.512. The fourth-order valence-corrected chi connectivity index (χ4v) is 5.47. The molecule has 0 heterocycles. The van der Waals surface area contributed by atoms with Crippen molar-refractivity contribution in [3.05, 3.63) is 89.5 Å². The third-order valence-electron chi connectivity index (χ3n) is 5.46. The maximum atomic E-state index is 13.2. The molecule has 0 radical (unpaired) electrons. The quantitative estimate of drug-likeness (QED) is 0.489. The van der Waals surface area contributed by atoms with Crippen LogP contribution in [0.5, 0.6) is 5.75 Å². The fourth-order valence-electron chi connectivity index (χ4n) is 3.96. The maximum absolute atomic E-state index is 13.2. The highest BCUT2D eigenvalue weighted by molar-refractivity contribution is 7.92. The molecule has 0 amide bonds. The van der Waals surface area contributed by atoms with E-state index in [0.29, 0.717) is 17.5 Å². The first-order valence-electron chi connectivity index (χ1n) is 10.2. The van der Waals surface area contributed by atoms with E-state index in [-0.39, 0.29) is 12.6 Å². The molecule has 0 spiro atoms. The van der Waals surface area contributed by atoms with Crippen molar-refractivity contribution in [2.45, 2.75) is 36.9 Å². The summed E-state index contributed by atoms with van der Waals surface area (Å²) in [6.07, 6.45) is -3.16. The minimum Gasteiger partial charge on any atom is -0.490 e. The molecule has 1 aliphatic carbocycles. The molecule has 32 heavy (non-hydrogen) atoms. The van der Waals surface area contributed by atoms with E-state index in [4.69, 9.17) is 4.74 Å². The van der Waals surface area contributed by atoms with E-state index in [1.165, 1.54) is 17.2 Å². The van der Waals surface area contributed by atoms with E-state index in [0.717, 1.165) is 29.3 Å². The van der Waals surface area contributed by atoms with Gasteiger partial charge in [0.25, 0.3) is 10.0 Å². The van der Waals surface area contributed by atoms with Crippen molar-refractivity contribution in [2.75, 3.05) is 10.8 Å². The standard InChI is InChI=1S/C24H22F3NO3S/c1-2-28(32(29,30)23-12-5-9-19(15-23)24(25,26)27)20-10-6-11-21(16-20)31-22-13-17-7-3-4-8-18(17)14-22/h3-12,15-16,22H,2,13-14H2,1H3. The molecule has 0 atom stereocenters. The number of anilines is 1. The largest absolute Gasteiger partial charge is 0.490 e. The van der Waals surface area contributed by atoms with Crippen LogP contribution in [0.15, 0.2) is 77.7 Å². The summed E-state index contributed by atoms with van der Waals surface area (Å²) < 4.78 is 72.8. The van der Waals surface area contributed by atoms with Crippen LogP contribution in [0.3, 0.4) is 0 Å². The predicted octanol–water partition coefficient (Wildman–Crippen LogP) is 5.47. The van der Waals surface area contributed by atoms with Gasteiger partial charge in [-0.3, -0.25) is 4.31 Å². The number of halogens is 3. The molecule has 4 nitrogen and oxygen atoms in total. The lowest BCUT2D eigenvalue weighted by atomic mass is 10.1. The second-order valence-corrected chi connectivity index (χ2v) is 9.47. The monoisotopic (exact) mass is 461 g/mol. The number of fused-ring (bicyclic) bond motifs is 1. The molecule has 0 unspecified atom stereocenters. The van der Waals surface area contributed by atoms with Gasteiger partial charge in [-0.25, -0.2) is 8.42 Å². The van der Waals surface area contributed by atoms with Crippen LogP contribution in [0, 0.1) is 0 Å². The highest BCUT2D eigenvalue weighted by atomic mass is 32.2. The lowest BCUT2D eigenvalue weighted by Gasteiger charge is -2.24. The average Bonchev–Trinajstić information content (AvgIpc) is 3.16. The van der Waals surface area contributed by atoms with E-state index in [9.17, 15) is 21.6 Å². The van der Waals surface area contributed by atoms with Gasteiger partial charge in [0, 0.05) is 25.5 Å². The number of sulfonamides is 1. The minimum atomic E-state index is -4.63. The van der Waals surface area contributed by atoms with Crippen LogP contribution >= 0.6 is 0 Å². The van der Waals surface area contributed by atoms with Gasteiger partial charge in [-0.15, -0.1) is 0 Å². The van der Waals surface area contributed by atoms with Gasteiger partial charge < -0.3 is 4.74 Å². The van der Waals surface area contributed by atoms with E-state index in [2.05, 4.69) is 12.1 Å². The molecule has 168 valence electrons. The number of hydrogen-bond acceptors (Lipinski definition) is 3. The van der Waals surface area contributed by atoms with Crippen molar-refractivity contribution in [3.8, 4) is 5.75 Å². The highest BCUT2D eigenvalue weighted by Crippen LogP contribution is 2.33. The molecule has 0 bridgehead atoms. The van der Waals surface area contributed by atoms with Crippen molar-refractivity contribution < 1.29 is 26.3 Å². The summed E-state index contributed by atoms with van der Waals surface area (Å²) in [4.78, 5) is -0.410. The molecule has 0 saturated carbocycles. The Bertz CT molecular complexity index is 1200. The molecule has 4 rings (SSSR count). The third-order valence-corrected chi connectivity index (χ3v) is 7.36. The molecule has 0 N–H and O–H groups in total. The molecule has 3 aromatic carbocycles. The smallest absolute Gasteiger partial charge is 0.416 e. The zero-order chi connectivity index (χ0) is 22.9. The SMILES string of the molecule is CCN(c1cccc(OC2Cc3ccccc3C2)c1)S(=O)(=O)c1cccc(C(F)(F)F)c1. The number of benzene rings is 3. The van der Waals surface area contributed by atoms with E-state index < -0.39 is 26.7 Å². The third kappa shape index (κ3) is 4.46. The molecule has 0 aliphatic heterocycles. The second-order valence-electron chi connectivity index (χ2n) is 7.61. The van der Waals surface area contributed by atoms with Crippen LogP contribution in [-0.4, -0.2) is 21.1 Å². The second kappa shape index (κ2) is 8.50. The van der Waals surface area contributed by atoms with Gasteiger partial charge >= 0.3 is 6.18 Å². The van der Waals surface area contributed by atoms with Crippen LogP contribution in [0.1, 0.15) is 23.6 Å². The van der Waals surface area contributed by atoms with Crippen LogP contribution < -0.4 is 9.04 Å². The Balaban J connectivity index is 1.59. The van der Waals surface area contributed by atoms with Crippen LogP contribution in [0.4, 0.5) is 18.9 Å². The topological polar surface area (TPSA) is 46.6 Å². The van der Waals surface area contributed by atoms with E-state index in [1.807, 2.05) is 12.1 Å². The van der Waals surface area contributed by atoms with Crippen LogP contribution in [0.25, 0.3) is 0 Å². The molecule has 8 heteroatoms. The van der Waals surface area contributed by atoms with Gasteiger partial charge in [0.1, 0.15) is 11.9 Å². The van der Waals surface area contributed by atoms with Gasteiger partial charge in [-0.05, 0) is 48.4 Å². The molecule has 0 aromatic heterocycles. The molecule has 0 fully saturated rings. The average molecular weight is 462 g/mol. The Morgan fingerprint density at radius 1 is 0.938 bits per heavy atom. The molecule has 3 aromatic rings. The van der Waals surface area contributed by atoms with Crippen molar-refractivity contribution in [1.82, 2.24) is 0 Å². The van der Waals surface area contributed by atoms with Crippen molar-refractivity contribution in [1.29, 1.82) is 0 Å². The van der Waals surface area contributed by atoms with Gasteiger partial charge in [0.15, 0.2) is 0 Å². The first kappa shape index (κ1) is 22.2. The van der Waals surface area contributed by atoms with Crippen molar-refractivity contribution in [2.24, 2.45) is 0 Å². The van der Waals surface area contributed by atoms with Gasteiger partial charge in [0.05, 0.1) is 16.1 Å². The van der Waals surface area contributed by atoms with Crippen molar-refractivity contribution >= 4 is 15.7 Å². The first-order chi connectivity index (χ1) is 15.2. The zero-order valence-corrected chi connectivity index (χ0v) is 18.2. The van der Waals surface area contributed by atoms with Crippen LogP contribution in [0.2, 0.25) is 0 Å². The maximum Gasteiger partial charge on any atom is 0.416 e. The predicted molar refractivity (Wildman–Crippen MR) is 116 cm³/mol. The summed E-state index contributed by atoms with van der Waals surface area (Å²) in [5.41, 5.74) is 1.79. The van der Waals surface area contributed by atoms with Gasteiger partial charge in [-0.2, -0.15) is 13.2 Å². The molecular weight excluding hydrogens is 439 g/mol. The molecule has 0 saturated heterocycles. The highest BCUT2D eigenvalue weighted by Gasteiger charge is 2.33. The lowest BCUT2D eigenvalue weighted by Crippen LogP contribution is -2.31. The van der Waals surface area contributed by atoms with Crippen LogP contribution in [-0.2, 0) is 29.0 Å². The number of rotatable bonds is 6. The number of nitrogens with zero attached hydrogens (tertiary/aromatic N) is 1. The Morgan fingerprint density at radius 3 is 2.22 bits per heavy atom. The summed E-state index contributed by atoms with van der Waals surface area (Å²) >= 11 is 0. The molecular formula is C24H22F3NO3S. The molecule has 1 aliphatic rings. The minimum absolute atomic E-state index is 0.0525. The fraction of sp³-hybridized carbons (Fsp3) is 0.250.